The van der Waals surface area contributed by atoms with E-state index in [0.717, 1.165) is 30.8 Å². The van der Waals surface area contributed by atoms with E-state index in [1.54, 1.807) is 0 Å². The fraction of sp³-hybridized carbons (Fsp3) is 0.500. The highest BCUT2D eigenvalue weighted by molar-refractivity contribution is 5.54. The van der Waals surface area contributed by atoms with Crippen LogP contribution in [0.4, 0.5) is 0 Å². The predicted molar refractivity (Wildman–Crippen MR) is 55.3 cm³/mol. The summed E-state index contributed by atoms with van der Waals surface area (Å²) < 4.78 is 10.8. The molecule has 15 heavy (non-hydrogen) atoms. The molecular formula is C12H14O3. The van der Waals surface area contributed by atoms with Crippen molar-refractivity contribution in [1.29, 1.82) is 0 Å². The van der Waals surface area contributed by atoms with Crippen LogP contribution in [0.5, 0.6) is 11.5 Å². The molecule has 0 bridgehead atoms. The van der Waals surface area contributed by atoms with Gasteiger partial charge in [0.2, 0.25) is 6.79 Å². The Hall–Kier alpha value is -1.22. The van der Waals surface area contributed by atoms with Crippen LogP contribution in [0.2, 0.25) is 0 Å². The number of ether oxygens (including phenoxy) is 2. The van der Waals surface area contributed by atoms with Crippen molar-refractivity contribution in [2.24, 2.45) is 0 Å². The van der Waals surface area contributed by atoms with Crippen molar-refractivity contribution < 1.29 is 14.6 Å². The number of aliphatic hydroxyl groups excluding tert-OH is 1. The molecule has 2 aliphatic rings. The van der Waals surface area contributed by atoms with Crippen LogP contribution in [0.3, 0.4) is 0 Å². The van der Waals surface area contributed by atoms with Gasteiger partial charge in [-0.1, -0.05) is 6.07 Å². The summed E-state index contributed by atoms with van der Waals surface area (Å²) in [6.07, 6.45) is 3.24. The molecule has 0 radical (unpaired) electrons. The van der Waals surface area contributed by atoms with Gasteiger partial charge in [-0.25, -0.2) is 0 Å². The van der Waals surface area contributed by atoms with Crippen molar-refractivity contribution in [3.63, 3.8) is 0 Å². The van der Waals surface area contributed by atoms with Crippen LogP contribution in [-0.4, -0.2) is 18.5 Å². The van der Waals surface area contributed by atoms with Crippen molar-refractivity contribution in [2.45, 2.75) is 25.2 Å². The van der Waals surface area contributed by atoms with E-state index in [4.69, 9.17) is 9.47 Å². The van der Waals surface area contributed by atoms with E-state index in [1.165, 1.54) is 11.1 Å². The summed E-state index contributed by atoms with van der Waals surface area (Å²) in [6, 6.07) is 4.03. The molecule has 0 amide bonds. The van der Waals surface area contributed by atoms with Crippen LogP contribution in [0.1, 0.15) is 29.9 Å². The topological polar surface area (TPSA) is 38.7 Å². The van der Waals surface area contributed by atoms with Crippen molar-refractivity contribution in [1.82, 2.24) is 0 Å². The largest absolute Gasteiger partial charge is 0.454 e. The van der Waals surface area contributed by atoms with E-state index in [2.05, 4.69) is 6.07 Å². The lowest BCUT2D eigenvalue weighted by molar-refractivity contribution is 0.173. The fourth-order valence-corrected chi connectivity index (χ4v) is 2.56. The second-order valence-electron chi connectivity index (χ2n) is 4.14. The minimum atomic E-state index is 0.229. The highest BCUT2D eigenvalue weighted by atomic mass is 16.7. The maximum atomic E-state index is 9.31. The molecule has 1 aliphatic carbocycles. The van der Waals surface area contributed by atoms with Gasteiger partial charge in [-0.2, -0.15) is 0 Å². The first kappa shape index (κ1) is 9.04. The first-order chi connectivity index (χ1) is 7.40. The zero-order chi connectivity index (χ0) is 10.3. The molecule has 1 atom stereocenters. The number of aliphatic hydroxyl groups is 1. The predicted octanol–water partition coefficient (Wildman–Crippen LogP) is 1.83. The minimum Gasteiger partial charge on any atom is -0.454 e. The molecule has 0 saturated carbocycles. The Bertz CT molecular complexity index is 387. The molecule has 80 valence electrons. The summed E-state index contributed by atoms with van der Waals surface area (Å²) in [5.74, 6) is 2.04. The molecule has 0 saturated heterocycles. The van der Waals surface area contributed by atoms with Crippen molar-refractivity contribution >= 4 is 0 Å². The number of hydrogen-bond acceptors (Lipinski definition) is 3. The standard InChI is InChI=1S/C12H14O3/c13-6-8-2-1-3-10-9(8)4-5-11-12(10)15-7-14-11/h4-5,8,13H,1-3,6-7H2/t8-/m1/s1. The zero-order valence-corrected chi connectivity index (χ0v) is 8.53. The summed E-state index contributed by atoms with van der Waals surface area (Å²) in [6.45, 7) is 0.558. The molecule has 1 aromatic rings. The summed E-state index contributed by atoms with van der Waals surface area (Å²) in [7, 11) is 0. The Kier molecular flexibility index (Phi) is 2.06. The van der Waals surface area contributed by atoms with Gasteiger partial charge in [0.1, 0.15) is 0 Å². The van der Waals surface area contributed by atoms with E-state index in [1.807, 2.05) is 6.07 Å². The van der Waals surface area contributed by atoms with Crippen LogP contribution in [-0.2, 0) is 6.42 Å². The third-order valence-corrected chi connectivity index (χ3v) is 3.32. The Morgan fingerprint density at radius 1 is 1.33 bits per heavy atom. The summed E-state index contributed by atoms with van der Waals surface area (Å²) in [4.78, 5) is 0. The maximum absolute atomic E-state index is 9.31. The van der Waals surface area contributed by atoms with Crippen molar-refractivity contribution in [2.75, 3.05) is 13.4 Å². The SMILES string of the molecule is OC[C@H]1CCCc2c1ccc1c2OCO1. The monoisotopic (exact) mass is 206 g/mol. The average molecular weight is 206 g/mol. The lowest BCUT2D eigenvalue weighted by Gasteiger charge is -2.24. The van der Waals surface area contributed by atoms with Gasteiger partial charge in [0.05, 0.1) is 0 Å². The lowest BCUT2D eigenvalue weighted by Crippen LogP contribution is -2.13. The summed E-state index contributed by atoms with van der Waals surface area (Å²) >= 11 is 0. The number of benzene rings is 1. The molecule has 3 heteroatoms. The number of rotatable bonds is 1. The van der Waals surface area contributed by atoms with Gasteiger partial charge < -0.3 is 14.6 Å². The van der Waals surface area contributed by atoms with E-state index in [9.17, 15) is 5.11 Å². The van der Waals surface area contributed by atoms with Crippen LogP contribution in [0.25, 0.3) is 0 Å². The van der Waals surface area contributed by atoms with E-state index < -0.39 is 0 Å². The first-order valence-electron chi connectivity index (χ1n) is 5.42. The highest BCUT2D eigenvalue weighted by Crippen LogP contribution is 2.43. The van der Waals surface area contributed by atoms with Gasteiger partial charge in [-0.15, -0.1) is 0 Å². The Balaban J connectivity index is 2.11. The molecule has 1 aliphatic heterocycles. The van der Waals surface area contributed by atoms with Crippen LogP contribution in [0.15, 0.2) is 12.1 Å². The molecule has 3 nitrogen and oxygen atoms in total. The molecule has 1 heterocycles. The molecule has 1 aromatic carbocycles. The van der Waals surface area contributed by atoms with E-state index in [-0.39, 0.29) is 12.5 Å². The zero-order valence-electron chi connectivity index (χ0n) is 8.53. The van der Waals surface area contributed by atoms with Gasteiger partial charge in [0.15, 0.2) is 11.5 Å². The van der Waals surface area contributed by atoms with Crippen molar-refractivity contribution in [3.05, 3.63) is 23.3 Å². The maximum Gasteiger partial charge on any atom is 0.231 e. The second-order valence-corrected chi connectivity index (χ2v) is 4.14. The van der Waals surface area contributed by atoms with Gasteiger partial charge in [-0.05, 0) is 30.9 Å². The quantitative estimate of drug-likeness (QED) is 0.761. The van der Waals surface area contributed by atoms with E-state index in [0.29, 0.717) is 6.79 Å². The minimum absolute atomic E-state index is 0.229. The number of fused-ring (bicyclic) bond motifs is 3. The van der Waals surface area contributed by atoms with Gasteiger partial charge in [0, 0.05) is 18.1 Å². The molecular weight excluding hydrogens is 192 g/mol. The average Bonchev–Trinajstić information content (AvgIpc) is 2.76. The Morgan fingerprint density at radius 3 is 3.13 bits per heavy atom. The molecule has 0 fully saturated rings. The van der Waals surface area contributed by atoms with Gasteiger partial charge in [0.25, 0.3) is 0 Å². The number of hydrogen-bond donors (Lipinski definition) is 1. The van der Waals surface area contributed by atoms with Gasteiger partial charge >= 0.3 is 0 Å². The molecule has 0 aromatic heterocycles. The lowest BCUT2D eigenvalue weighted by atomic mass is 9.82. The second kappa shape index (κ2) is 3.42. The van der Waals surface area contributed by atoms with Crippen LogP contribution >= 0.6 is 0 Å². The molecule has 0 spiro atoms. The van der Waals surface area contributed by atoms with Crippen molar-refractivity contribution in [3.8, 4) is 11.5 Å². The molecule has 1 N–H and O–H groups in total. The first-order valence-corrected chi connectivity index (χ1v) is 5.42. The Labute approximate surface area is 88.6 Å². The summed E-state index contributed by atoms with van der Waals surface area (Å²) in [5.41, 5.74) is 2.49. The highest BCUT2D eigenvalue weighted by Gasteiger charge is 2.27. The molecule has 0 unspecified atom stereocenters. The van der Waals surface area contributed by atoms with E-state index >= 15 is 0 Å². The van der Waals surface area contributed by atoms with Gasteiger partial charge in [-0.3, -0.25) is 0 Å². The smallest absolute Gasteiger partial charge is 0.231 e. The Morgan fingerprint density at radius 2 is 2.27 bits per heavy atom. The normalized spacial score (nSPS) is 22.6. The third-order valence-electron chi connectivity index (χ3n) is 3.32. The fourth-order valence-electron chi connectivity index (χ4n) is 2.56. The summed E-state index contributed by atoms with van der Waals surface area (Å²) in [5, 5.41) is 9.31. The third kappa shape index (κ3) is 1.30. The van der Waals surface area contributed by atoms with Crippen LogP contribution in [0, 0.1) is 0 Å². The van der Waals surface area contributed by atoms with Crippen LogP contribution < -0.4 is 9.47 Å². The molecule has 3 rings (SSSR count).